The van der Waals surface area contributed by atoms with Gasteiger partial charge in [-0.15, -0.1) is 0 Å². The van der Waals surface area contributed by atoms with Crippen LogP contribution in [-0.4, -0.2) is 22.4 Å². The van der Waals surface area contributed by atoms with Crippen LogP contribution in [0, 0.1) is 5.92 Å². The third-order valence-electron chi connectivity index (χ3n) is 3.76. The van der Waals surface area contributed by atoms with E-state index in [-0.39, 0.29) is 5.91 Å². The lowest BCUT2D eigenvalue weighted by Crippen LogP contribution is -2.25. The highest BCUT2D eigenvalue weighted by Crippen LogP contribution is 2.16. The summed E-state index contributed by atoms with van der Waals surface area (Å²) in [5, 5.41) is 2.96. The van der Waals surface area contributed by atoms with Gasteiger partial charge in [-0.25, -0.2) is 9.97 Å². The van der Waals surface area contributed by atoms with Crippen LogP contribution < -0.4 is 5.32 Å². The fourth-order valence-electron chi connectivity index (χ4n) is 2.41. The standard InChI is InChI=1S/C18H25N3O/c1-5-14-15(6-2)21-17-11-13(7-8-16(17)20-14)18(22)19-10-9-12(3)4/h7-8,11-12H,5-6,9-10H2,1-4H3,(H,19,22). The van der Waals surface area contributed by atoms with Crippen molar-refractivity contribution in [2.75, 3.05) is 6.54 Å². The van der Waals surface area contributed by atoms with Gasteiger partial charge in [-0.05, 0) is 43.4 Å². The minimum absolute atomic E-state index is 0.0398. The van der Waals surface area contributed by atoms with E-state index in [0.29, 0.717) is 18.0 Å². The van der Waals surface area contributed by atoms with Gasteiger partial charge in [0.25, 0.3) is 5.91 Å². The molecule has 1 amide bonds. The van der Waals surface area contributed by atoms with Crippen LogP contribution in [0.2, 0.25) is 0 Å². The van der Waals surface area contributed by atoms with Gasteiger partial charge in [0.1, 0.15) is 0 Å². The van der Waals surface area contributed by atoms with E-state index in [2.05, 4.69) is 43.0 Å². The van der Waals surface area contributed by atoms with Gasteiger partial charge in [0, 0.05) is 12.1 Å². The molecule has 0 aliphatic rings. The zero-order valence-corrected chi connectivity index (χ0v) is 13.9. The molecule has 0 fully saturated rings. The first-order valence-corrected chi connectivity index (χ1v) is 8.12. The largest absolute Gasteiger partial charge is 0.352 e. The molecule has 0 saturated carbocycles. The Bertz CT molecular complexity index is 665. The van der Waals surface area contributed by atoms with Crippen LogP contribution in [-0.2, 0) is 12.8 Å². The summed E-state index contributed by atoms with van der Waals surface area (Å²) in [6, 6.07) is 5.55. The second kappa shape index (κ2) is 7.34. The van der Waals surface area contributed by atoms with Crippen LogP contribution in [0.15, 0.2) is 18.2 Å². The van der Waals surface area contributed by atoms with E-state index >= 15 is 0 Å². The molecule has 0 saturated heterocycles. The van der Waals surface area contributed by atoms with E-state index in [1.54, 1.807) is 0 Å². The number of nitrogens with zero attached hydrogens (tertiary/aromatic N) is 2. The van der Waals surface area contributed by atoms with Crippen LogP contribution in [0.1, 0.15) is 55.9 Å². The van der Waals surface area contributed by atoms with Gasteiger partial charge in [-0.2, -0.15) is 0 Å². The first-order valence-electron chi connectivity index (χ1n) is 8.12. The van der Waals surface area contributed by atoms with E-state index in [4.69, 9.17) is 0 Å². The lowest BCUT2D eigenvalue weighted by Gasteiger charge is -2.09. The van der Waals surface area contributed by atoms with Gasteiger partial charge in [0.2, 0.25) is 0 Å². The third kappa shape index (κ3) is 3.81. The zero-order valence-electron chi connectivity index (χ0n) is 13.9. The van der Waals surface area contributed by atoms with Crippen molar-refractivity contribution in [3.63, 3.8) is 0 Å². The highest BCUT2D eigenvalue weighted by atomic mass is 16.1. The number of aromatic nitrogens is 2. The molecule has 0 bridgehead atoms. The molecule has 0 spiro atoms. The molecule has 0 aliphatic carbocycles. The van der Waals surface area contributed by atoms with Crippen molar-refractivity contribution >= 4 is 16.9 Å². The first-order chi connectivity index (χ1) is 10.5. The number of nitrogens with one attached hydrogen (secondary N) is 1. The summed E-state index contributed by atoms with van der Waals surface area (Å²) in [7, 11) is 0. The number of hydrogen-bond acceptors (Lipinski definition) is 3. The van der Waals surface area contributed by atoms with Crippen molar-refractivity contribution in [2.45, 2.75) is 47.0 Å². The molecular weight excluding hydrogens is 274 g/mol. The molecule has 1 heterocycles. The molecule has 0 aliphatic heterocycles. The number of amides is 1. The Kier molecular flexibility index (Phi) is 5.47. The first kappa shape index (κ1) is 16.4. The number of rotatable bonds is 6. The monoisotopic (exact) mass is 299 g/mol. The molecule has 2 rings (SSSR count). The van der Waals surface area contributed by atoms with E-state index in [9.17, 15) is 4.79 Å². The molecule has 1 N–H and O–H groups in total. The van der Waals surface area contributed by atoms with E-state index in [0.717, 1.165) is 41.7 Å². The summed E-state index contributed by atoms with van der Waals surface area (Å²) in [6.45, 7) is 9.17. The van der Waals surface area contributed by atoms with Crippen molar-refractivity contribution in [1.82, 2.24) is 15.3 Å². The molecule has 1 aromatic heterocycles. The van der Waals surface area contributed by atoms with Crippen LogP contribution in [0.5, 0.6) is 0 Å². The Balaban J connectivity index is 2.24. The average Bonchev–Trinajstić information content (AvgIpc) is 2.52. The number of benzene rings is 1. The van der Waals surface area contributed by atoms with Crippen molar-refractivity contribution in [3.8, 4) is 0 Å². The van der Waals surface area contributed by atoms with Gasteiger partial charge in [-0.3, -0.25) is 4.79 Å². The molecule has 1 aromatic carbocycles. The summed E-state index contributed by atoms with van der Waals surface area (Å²) >= 11 is 0. The zero-order chi connectivity index (χ0) is 16.1. The van der Waals surface area contributed by atoms with Crippen LogP contribution >= 0.6 is 0 Å². The van der Waals surface area contributed by atoms with Crippen molar-refractivity contribution < 1.29 is 4.79 Å². The van der Waals surface area contributed by atoms with Crippen LogP contribution in [0.3, 0.4) is 0 Å². The van der Waals surface area contributed by atoms with Crippen molar-refractivity contribution in [3.05, 3.63) is 35.2 Å². The summed E-state index contributed by atoms with van der Waals surface area (Å²) in [5.74, 6) is 0.546. The molecule has 2 aromatic rings. The fraction of sp³-hybridized carbons (Fsp3) is 0.500. The quantitative estimate of drug-likeness (QED) is 0.887. The Morgan fingerprint density at radius 1 is 1.09 bits per heavy atom. The number of aryl methyl sites for hydroxylation is 2. The van der Waals surface area contributed by atoms with Gasteiger partial charge in [0.15, 0.2) is 0 Å². The van der Waals surface area contributed by atoms with Gasteiger partial charge < -0.3 is 5.32 Å². The van der Waals surface area contributed by atoms with Crippen LogP contribution in [0.4, 0.5) is 0 Å². The molecule has 4 heteroatoms. The maximum Gasteiger partial charge on any atom is 0.251 e. The lowest BCUT2D eigenvalue weighted by atomic mass is 10.1. The molecule has 0 atom stereocenters. The fourth-order valence-corrected chi connectivity index (χ4v) is 2.41. The number of fused-ring (bicyclic) bond motifs is 1. The lowest BCUT2D eigenvalue weighted by molar-refractivity contribution is 0.0952. The normalized spacial score (nSPS) is 11.1. The SMILES string of the molecule is CCc1nc2ccc(C(=O)NCCC(C)C)cc2nc1CC. The van der Waals surface area contributed by atoms with Crippen molar-refractivity contribution in [2.24, 2.45) is 5.92 Å². The minimum Gasteiger partial charge on any atom is -0.352 e. The Morgan fingerprint density at radius 2 is 1.73 bits per heavy atom. The second-order valence-electron chi connectivity index (χ2n) is 5.97. The molecular formula is C18H25N3O. The predicted molar refractivity (Wildman–Crippen MR) is 90.1 cm³/mol. The number of hydrogen-bond donors (Lipinski definition) is 1. The predicted octanol–water partition coefficient (Wildman–Crippen LogP) is 3.53. The van der Waals surface area contributed by atoms with E-state index < -0.39 is 0 Å². The Hall–Kier alpha value is -1.97. The average molecular weight is 299 g/mol. The summed E-state index contributed by atoms with van der Waals surface area (Å²) in [4.78, 5) is 21.5. The van der Waals surface area contributed by atoms with Gasteiger partial charge in [0.05, 0.1) is 22.4 Å². The van der Waals surface area contributed by atoms with Gasteiger partial charge in [-0.1, -0.05) is 27.7 Å². The maximum absolute atomic E-state index is 12.2. The van der Waals surface area contributed by atoms with E-state index in [1.807, 2.05) is 18.2 Å². The highest BCUT2D eigenvalue weighted by molar-refractivity contribution is 5.97. The molecule has 118 valence electrons. The minimum atomic E-state index is -0.0398. The highest BCUT2D eigenvalue weighted by Gasteiger charge is 2.10. The van der Waals surface area contributed by atoms with Crippen LogP contribution in [0.25, 0.3) is 11.0 Å². The number of carbonyl (C=O) groups excluding carboxylic acids is 1. The number of carbonyl (C=O) groups is 1. The topological polar surface area (TPSA) is 54.9 Å². The maximum atomic E-state index is 12.2. The van der Waals surface area contributed by atoms with Crippen molar-refractivity contribution in [1.29, 1.82) is 0 Å². The summed E-state index contributed by atoms with van der Waals surface area (Å²) in [6.07, 6.45) is 2.72. The van der Waals surface area contributed by atoms with Gasteiger partial charge >= 0.3 is 0 Å². The Morgan fingerprint density at radius 3 is 2.32 bits per heavy atom. The molecule has 22 heavy (non-hydrogen) atoms. The Labute approximate surface area is 132 Å². The summed E-state index contributed by atoms with van der Waals surface area (Å²) in [5.41, 5.74) is 4.37. The molecule has 4 nitrogen and oxygen atoms in total. The second-order valence-corrected chi connectivity index (χ2v) is 5.97. The molecule has 0 unspecified atom stereocenters. The summed E-state index contributed by atoms with van der Waals surface area (Å²) < 4.78 is 0. The smallest absolute Gasteiger partial charge is 0.251 e. The molecule has 0 radical (unpaired) electrons. The third-order valence-corrected chi connectivity index (χ3v) is 3.76. The van der Waals surface area contributed by atoms with E-state index in [1.165, 1.54) is 0 Å².